The standard InChI is InChI=1S/C19H16ClN3O4S3/c20-15-7-8-16(29-15)30(25,26)23-9-3-5-12(23)18(24)22-19-21-17-11-4-1-2-6-13(11)27-10-14(17)28-19/h1-2,4,6-8,12H,3,5,9-10H2,(H,21,22,24)/t12-/m0/s1. The van der Waals surface area contributed by atoms with Gasteiger partial charge in [-0.25, -0.2) is 13.4 Å². The monoisotopic (exact) mass is 481 g/mol. The first-order chi connectivity index (χ1) is 14.4. The van der Waals surface area contributed by atoms with Crippen molar-refractivity contribution in [2.45, 2.75) is 29.7 Å². The van der Waals surface area contributed by atoms with Crippen LogP contribution in [0.15, 0.2) is 40.6 Å². The van der Waals surface area contributed by atoms with Crippen molar-refractivity contribution in [1.82, 2.24) is 9.29 Å². The minimum absolute atomic E-state index is 0.144. The lowest BCUT2D eigenvalue weighted by Gasteiger charge is -2.22. The van der Waals surface area contributed by atoms with E-state index in [-0.39, 0.29) is 10.1 Å². The van der Waals surface area contributed by atoms with E-state index < -0.39 is 16.1 Å². The summed E-state index contributed by atoms with van der Waals surface area (Å²) in [6.45, 7) is 0.689. The second-order valence-electron chi connectivity index (χ2n) is 6.90. The van der Waals surface area contributed by atoms with Crippen molar-refractivity contribution in [2.24, 2.45) is 0 Å². The number of benzene rings is 1. The van der Waals surface area contributed by atoms with Gasteiger partial charge in [-0.2, -0.15) is 4.31 Å². The molecule has 0 spiro atoms. The molecule has 1 atom stereocenters. The zero-order valence-corrected chi connectivity index (χ0v) is 18.7. The van der Waals surface area contributed by atoms with Crippen molar-refractivity contribution in [2.75, 3.05) is 11.9 Å². The Morgan fingerprint density at radius 1 is 1.23 bits per heavy atom. The summed E-state index contributed by atoms with van der Waals surface area (Å²) in [5.41, 5.74) is 1.68. The van der Waals surface area contributed by atoms with Crippen molar-refractivity contribution >= 4 is 55.3 Å². The Balaban J connectivity index is 1.38. The fraction of sp³-hybridized carbons (Fsp3) is 0.263. The zero-order valence-electron chi connectivity index (χ0n) is 15.5. The second kappa shape index (κ2) is 7.61. The number of rotatable bonds is 4. The lowest BCUT2D eigenvalue weighted by Crippen LogP contribution is -2.42. The number of sulfonamides is 1. The third-order valence-electron chi connectivity index (χ3n) is 5.05. The van der Waals surface area contributed by atoms with Crippen LogP contribution < -0.4 is 10.1 Å². The van der Waals surface area contributed by atoms with E-state index in [9.17, 15) is 13.2 Å². The van der Waals surface area contributed by atoms with Gasteiger partial charge in [-0.3, -0.25) is 4.79 Å². The summed E-state index contributed by atoms with van der Waals surface area (Å²) in [4.78, 5) is 18.5. The summed E-state index contributed by atoms with van der Waals surface area (Å²) >= 11 is 8.24. The molecule has 11 heteroatoms. The van der Waals surface area contributed by atoms with Crippen molar-refractivity contribution in [3.05, 3.63) is 45.6 Å². The van der Waals surface area contributed by atoms with E-state index in [1.165, 1.54) is 21.7 Å². The first kappa shape index (κ1) is 20.0. The minimum Gasteiger partial charge on any atom is -0.487 e. The molecule has 7 nitrogen and oxygen atoms in total. The van der Waals surface area contributed by atoms with Crippen molar-refractivity contribution < 1.29 is 17.9 Å². The summed E-state index contributed by atoms with van der Waals surface area (Å²) in [7, 11) is -3.78. The fourth-order valence-electron chi connectivity index (χ4n) is 3.68. The lowest BCUT2D eigenvalue weighted by atomic mass is 10.1. The van der Waals surface area contributed by atoms with Crippen LogP contribution in [0.5, 0.6) is 5.75 Å². The highest BCUT2D eigenvalue weighted by atomic mass is 35.5. The van der Waals surface area contributed by atoms with Crippen molar-refractivity contribution in [3.63, 3.8) is 0 Å². The molecule has 156 valence electrons. The minimum atomic E-state index is -3.78. The predicted octanol–water partition coefficient (Wildman–Crippen LogP) is 4.21. The number of nitrogens with zero attached hydrogens (tertiary/aromatic N) is 2. The highest BCUT2D eigenvalue weighted by Gasteiger charge is 2.40. The molecule has 4 heterocycles. The summed E-state index contributed by atoms with van der Waals surface area (Å²) in [5, 5.41) is 3.25. The Bertz CT molecular complexity index is 1240. The summed E-state index contributed by atoms with van der Waals surface area (Å²) < 4.78 is 33.5. The van der Waals surface area contributed by atoms with Gasteiger partial charge in [-0.1, -0.05) is 35.1 Å². The van der Waals surface area contributed by atoms with Gasteiger partial charge in [0.1, 0.15) is 22.6 Å². The maximum absolute atomic E-state index is 13.0. The van der Waals surface area contributed by atoms with Gasteiger partial charge in [-0.15, -0.1) is 11.3 Å². The number of fused-ring (bicyclic) bond motifs is 3. The van der Waals surface area contributed by atoms with Crippen LogP contribution in [-0.4, -0.2) is 36.2 Å². The molecular weight excluding hydrogens is 466 g/mol. The molecule has 5 rings (SSSR count). The first-order valence-corrected chi connectivity index (χ1v) is 12.7. The van der Waals surface area contributed by atoms with Gasteiger partial charge in [0, 0.05) is 12.1 Å². The molecule has 0 bridgehead atoms. The summed E-state index contributed by atoms with van der Waals surface area (Å²) in [6.07, 6.45) is 1.08. The highest BCUT2D eigenvalue weighted by Crippen LogP contribution is 2.41. The topological polar surface area (TPSA) is 88.6 Å². The number of carbonyl (C=O) groups excluding carboxylic acids is 1. The van der Waals surface area contributed by atoms with Gasteiger partial charge in [0.05, 0.1) is 14.9 Å². The molecule has 3 aromatic rings. The lowest BCUT2D eigenvalue weighted by molar-refractivity contribution is -0.119. The zero-order chi connectivity index (χ0) is 20.9. The van der Waals surface area contributed by atoms with Gasteiger partial charge < -0.3 is 10.1 Å². The van der Waals surface area contributed by atoms with Crippen LogP contribution in [-0.2, 0) is 21.4 Å². The molecule has 0 saturated carbocycles. The van der Waals surface area contributed by atoms with Gasteiger partial charge in [0.25, 0.3) is 10.0 Å². The number of halogens is 1. The molecule has 2 aromatic heterocycles. The maximum atomic E-state index is 13.0. The molecule has 2 aliphatic rings. The fourth-order valence-corrected chi connectivity index (χ4v) is 7.84. The molecular formula is C19H16ClN3O4S3. The Hall–Kier alpha value is -1.98. The van der Waals surface area contributed by atoms with E-state index in [1.807, 2.05) is 24.3 Å². The van der Waals surface area contributed by atoms with Crippen LogP contribution in [0.1, 0.15) is 17.7 Å². The number of aromatic nitrogens is 1. The molecule has 1 N–H and O–H groups in total. The number of anilines is 1. The first-order valence-electron chi connectivity index (χ1n) is 9.23. The van der Waals surface area contributed by atoms with Crippen LogP contribution in [0.3, 0.4) is 0 Å². The number of thiazole rings is 1. The SMILES string of the molecule is O=C(Nc1nc2c(s1)COc1ccccc1-2)[C@@H]1CCCN1S(=O)(=O)c1ccc(Cl)s1. The van der Waals surface area contributed by atoms with E-state index >= 15 is 0 Å². The molecule has 30 heavy (non-hydrogen) atoms. The molecule has 2 aliphatic heterocycles. The molecule has 0 unspecified atom stereocenters. The van der Waals surface area contributed by atoms with E-state index in [4.69, 9.17) is 16.3 Å². The molecule has 1 fully saturated rings. The van der Waals surface area contributed by atoms with Crippen molar-refractivity contribution in [1.29, 1.82) is 0 Å². The van der Waals surface area contributed by atoms with Crippen LogP contribution in [0.4, 0.5) is 5.13 Å². The van der Waals surface area contributed by atoms with Gasteiger partial charge in [0.2, 0.25) is 5.91 Å². The van der Waals surface area contributed by atoms with E-state index in [0.29, 0.717) is 35.5 Å². The highest BCUT2D eigenvalue weighted by molar-refractivity contribution is 7.91. The van der Waals surface area contributed by atoms with Crippen LogP contribution >= 0.6 is 34.3 Å². The number of para-hydroxylation sites is 1. The largest absolute Gasteiger partial charge is 0.487 e. The van der Waals surface area contributed by atoms with Crippen molar-refractivity contribution in [3.8, 4) is 17.0 Å². The Kier molecular flexibility index (Phi) is 5.06. The Labute approximate surface area is 186 Å². The Morgan fingerprint density at radius 2 is 2.07 bits per heavy atom. The van der Waals surface area contributed by atoms with Crippen LogP contribution in [0, 0.1) is 0 Å². The number of hydrogen-bond acceptors (Lipinski definition) is 7. The van der Waals surface area contributed by atoms with E-state index in [0.717, 1.165) is 33.2 Å². The van der Waals surface area contributed by atoms with E-state index in [2.05, 4.69) is 10.3 Å². The smallest absolute Gasteiger partial charge is 0.253 e. The summed E-state index contributed by atoms with van der Waals surface area (Å²) in [6, 6.07) is 9.86. The summed E-state index contributed by atoms with van der Waals surface area (Å²) in [5.74, 6) is 0.384. The third kappa shape index (κ3) is 3.42. The number of nitrogens with one attached hydrogen (secondary N) is 1. The average molecular weight is 482 g/mol. The maximum Gasteiger partial charge on any atom is 0.253 e. The number of amides is 1. The number of hydrogen-bond donors (Lipinski definition) is 1. The number of ether oxygens (including phenoxy) is 1. The van der Waals surface area contributed by atoms with Crippen LogP contribution in [0.25, 0.3) is 11.3 Å². The van der Waals surface area contributed by atoms with Gasteiger partial charge in [0.15, 0.2) is 5.13 Å². The van der Waals surface area contributed by atoms with Gasteiger partial charge >= 0.3 is 0 Å². The van der Waals surface area contributed by atoms with Crippen LogP contribution in [0.2, 0.25) is 4.34 Å². The molecule has 1 saturated heterocycles. The number of thiophene rings is 1. The predicted molar refractivity (Wildman–Crippen MR) is 117 cm³/mol. The average Bonchev–Trinajstić information content (AvgIpc) is 3.47. The normalized spacial score (nSPS) is 18.5. The molecule has 0 aliphatic carbocycles. The molecule has 1 aromatic carbocycles. The quantitative estimate of drug-likeness (QED) is 0.603. The molecule has 0 radical (unpaired) electrons. The van der Waals surface area contributed by atoms with Gasteiger partial charge in [-0.05, 0) is 37.1 Å². The number of carbonyl (C=O) groups is 1. The third-order valence-corrected chi connectivity index (χ3v) is 9.60. The molecule has 1 amide bonds. The Morgan fingerprint density at radius 3 is 2.87 bits per heavy atom. The second-order valence-corrected chi connectivity index (χ2v) is 11.8. The van der Waals surface area contributed by atoms with E-state index in [1.54, 1.807) is 6.07 Å².